The predicted octanol–water partition coefficient (Wildman–Crippen LogP) is 0.871. The Bertz CT molecular complexity index is 246. The van der Waals surface area contributed by atoms with Gasteiger partial charge in [-0.15, -0.1) is 0 Å². The second kappa shape index (κ2) is 6.36. The van der Waals surface area contributed by atoms with Crippen molar-refractivity contribution in [3.63, 3.8) is 0 Å². The molecule has 0 saturated carbocycles. The van der Waals surface area contributed by atoms with Gasteiger partial charge in [-0.05, 0) is 37.8 Å². The van der Waals surface area contributed by atoms with Crippen LogP contribution in [0.25, 0.3) is 0 Å². The minimum Gasteiger partial charge on any atom is -0.378 e. The van der Waals surface area contributed by atoms with Crippen LogP contribution in [0.1, 0.15) is 26.2 Å². The number of morpholine rings is 1. The van der Waals surface area contributed by atoms with Gasteiger partial charge in [0.15, 0.2) is 0 Å². The molecule has 98 valence electrons. The molecule has 1 amide bonds. The molecule has 2 aliphatic heterocycles. The largest absolute Gasteiger partial charge is 0.378 e. The van der Waals surface area contributed by atoms with Crippen molar-refractivity contribution < 1.29 is 9.53 Å². The number of carbonyl (C=O) groups is 1. The standard InChI is InChI=1S/C13H24N2O2/c1-11(12-3-2-4-14-10-12)9-13(16)15-5-7-17-8-6-15/h11-12,14H,2-10H2,1H3/t11-,12+/m1/s1. The molecule has 2 atom stereocenters. The second-order valence-electron chi connectivity index (χ2n) is 5.28. The number of rotatable bonds is 3. The Morgan fingerprint density at radius 1 is 1.47 bits per heavy atom. The van der Waals surface area contributed by atoms with Crippen molar-refractivity contribution in [3.05, 3.63) is 0 Å². The highest BCUT2D eigenvalue weighted by Crippen LogP contribution is 2.23. The van der Waals surface area contributed by atoms with E-state index in [9.17, 15) is 4.79 Å². The summed E-state index contributed by atoms with van der Waals surface area (Å²) in [4.78, 5) is 14.1. The highest BCUT2D eigenvalue weighted by Gasteiger charge is 2.24. The van der Waals surface area contributed by atoms with Crippen molar-refractivity contribution in [3.8, 4) is 0 Å². The minimum atomic E-state index is 0.311. The van der Waals surface area contributed by atoms with Gasteiger partial charge in [0.1, 0.15) is 0 Å². The van der Waals surface area contributed by atoms with Gasteiger partial charge in [-0.25, -0.2) is 0 Å². The lowest BCUT2D eigenvalue weighted by atomic mass is 9.85. The van der Waals surface area contributed by atoms with Crippen LogP contribution < -0.4 is 5.32 Å². The van der Waals surface area contributed by atoms with Gasteiger partial charge >= 0.3 is 0 Å². The average molecular weight is 240 g/mol. The molecule has 2 rings (SSSR count). The van der Waals surface area contributed by atoms with E-state index in [2.05, 4.69) is 12.2 Å². The van der Waals surface area contributed by atoms with Crippen LogP contribution in [0, 0.1) is 11.8 Å². The van der Waals surface area contributed by atoms with Crippen LogP contribution in [-0.4, -0.2) is 50.2 Å². The van der Waals surface area contributed by atoms with Crippen molar-refractivity contribution in [2.75, 3.05) is 39.4 Å². The fraction of sp³-hybridized carbons (Fsp3) is 0.923. The molecule has 4 heteroatoms. The Balaban J connectivity index is 1.76. The maximum atomic E-state index is 12.1. The molecule has 2 heterocycles. The number of hydrogen-bond acceptors (Lipinski definition) is 3. The Labute approximate surface area is 104 Å². The first-order valence-electron chi connectivity index (χ1n) is 6.83. The number of hydrogen-bond donors (Lipinski definition) is 1. The van der Waals surface area contributed by atoms with Gasteiger partial charge in [-0.3, -0.25) is 4.79 Å². The zero-order valence-electron chi connectivity index (χ0n) is 10.8. The molecule has 4 nitrogen and oxygen atoms in total. The van der Waals surface area contributed by atoms with Gasteiger partial charge in [-0.2, -0.15) is 0 Å². The van der Waals surface area contributed by atoms with Gasteiger partial charge in [0.05, 0.1) is 13.2 Å². The van der Waals surface area contributed by atoms with Gasteiger partial charge in [-0.1, -0.05) is 6.92 Å². The lowest BCUT2D eigenvalue weighted by Crippen LogP contribution is -2.42. The number of amides is 1. The molecule has 0 aliphatic carbocycles. The first-order chi connectivity index (χ1) is 8.27. The highest BCUT2D eigenvalue weighted by atomic mass is 16.5. The van der Waals surface area contributed by atoms with Crippen LogP contribution in [0.2, 0.25) is 0 Å². The molecule has 1 N–H and O–H groups in total. The third-order valence-electron chi connectivity index (χ3n) is 4.00. The zero-order chi connectivity index (χ0) is 12.1. The van der Waals surface area contributed by atoms with E-state index in [0.717, 1.165) is 26.2 Å². The van der Waals surface area contributed by atoms with Crippen LogP contribution in [0.5, 0.6) is 0 Å². The summed E-state index contributed by atoms with van der Waals surface area (Å²) in [5, 5.41) is 3.42. The number of carbonyl (C=O) groups excluding carboxylic acids is 1. The third-order valence-corrected chi connectivity index (χ3v) is 4.00. The SMILES string of the molecule is C[C@H](CC(=O)N1CCOCC1)[C@H]1CCCNC1. The highest BCUT2D eigenvalue weighted by molar-refractivity contribution is 5.76. The van der Waals surface area contributed by atoms with Crippen LogP contribution in [0.4, 0.5) is 0 Å². The Morgan fingerprint density at radius 3 is 2.88 bits per heavy atom. The minimum absolute atomic E-state index is 0.311. The van der Waals surface area contributed by atoms with Crippen LogP contribution in [0.3, 0.4) is 0 Å². The smallest absolute Gasteiger partial charge is 0.223 e. The summed E-state index contributed by atoms with van der Waals surface area (Å²) < 4.78 is 5.27. The van der Waals surface area contributed by atoms with Crippen LogP contribution in [0.15, 0.2) is 0 Å². The van der Waals surface area contributed by atoms with E-state index in [1.165, 1.54) is 12.8 Å². The third kappa shape index (κ3) is 3.68. The van der Waals surface area contributed by atoms with E-state index in [0.29, 0.717) is 37.4 Å². The topological polar surface area (TPSA) is 41.6 Å². The van der Waals surface area contributed by atoms with Crippen molar-refractivity contribution in [2.24, 2.45) is 11.8 Å². The molecule has 0 aromatic rings. The Morgan fingerprint density at radius 2 is 2.24 bits per heavy atom. The van der Waals surface area contributed by atoms with E-state index in [-0.39, 0.29) is 0 Å². The molecule has 2 fully saturated rings. The predicted molar refractivity (Wildman–Crippen MR) is 66.8 cm³/mol. The number of nitrogens with zero attached hydrogens (tertiary/aromatic N) is 1. The summed E-state index contributed by atoms with van der Waals surface area (Å²) in [6, 6.07) is 0. The normalized spacial score (nSPS) is 27.8. The van der Waals surface area contributed by atoms with Gasteiger partial charge in [0.25, 0.3) is 0 Å². The van der Waals surface area contributed by atoms with Crippen molar-refractivity contribution in [2.45, 2.75) is 26.2 Å². The fourth-order valence-corrected chi connectivity index (χ4v) is 2.75. The quantitative estimate of drug-likeness (QED) is 0.796. The second-order valence-corrected chi connectivity index (χ2v) is 5.28. The monoisotopic (exact) mass is 240 g/mol. The van der Waals surface area contributed by atoms with Crippen molar-refractivity contribution in [1.29, 1.82) is 0 Å². The molecule has 0 unspecified atom stereocenters. The molecule has 17 heavy (non-hydrogen) atoms. The molecule has 0 aromatic carbocycles. The maximum Gasteiger partial charge on any atom is 0.223 e. The van der Waals surface area contributed by atoms with E-state index >= 15 is 0 Å². The van der Waals surface area contributed by atoms with Crippen molar-refractivity contribution >= 4 is 5.91 Å². The Kier molecular flexibility index (Phi) is 4.80. The summed E-state index contributed by atoms with van der Waals surface area (Å²) >= 11 is 0. The zero-order valence-corrected chi connectivity index (χ0v) is 10.8. The average Bonchev–Trinajstić information content (AvgIpc) is 2.40. The lowest BCUT2D eigenvalue weighted by Gasteiger charge is -2.31. The van der Waals surface area contributed by atoms with Crippen LogP contribution >= 0.6 is 0 Å². The summed E-state index contributed by atoms with van der Waals surface area (Å²) in [6.07, 6.45) is 3.22. The fourth-order valence-electron chi connectivity index (χ4n) is 2.75. The first kappa shape index (κ1) is 12.8. The number of ether oxygens (including phenoxy) is 1. The molecule has 0 spiro atoms. The number of nitrogens with one attached hydrogen (secondary N) is 1. The molecular formula is C13H24N2O2. The summed E-state index contributed by atoms with van der Waals surface area (Å²) in [6.45, 7) is 7.38. The summed E-state index contributed by atoms with van der Waals surface area (Å²) in [5.41, 5.74) is 0. The van der Waals surface area contributed by atoms with Crippen molar-refractivity contribution in [1.82, 2.24) is 10.2 Å². The van der Waals surface area contributed by atoms with E-state index in [1.54, 1.807) is 0 Å². The van der Waals surface area contributed by atoms with E-state index in [1.807, 2.05) is 4.90 Å². The summed E-state index contributed by atoms with van der Waals surface area (Å²) in [7, 11) is 0. The van der Waals surface area contributed by atoms with Crippen LogP contribution in [-0.2, 0) is 9.53 Å². The summed E-state index contributed by atoms with van der Waals surface area (Å²) in [5.74, 6) is 1.48. The molecule has 0 radical (unpaired) electrons. The van der Waals surface area contributed by atoms with Gasteiger partial charge < -0.3 is 15.0 Å². The lowest BCUT2D eigenvalue weighted by molar-refractivity contribution is -0.136. The van der Waals surface area contributed by atoms with Gasteiger partial charge in [0, 0.05) is 19.5 Å². The molecule has 0 aromatic heterocycles. The Hall–Kier alpha value is -0.610. The number of piperidine rings is 1. The molecule has 2 saturated heterocycles. The molecular weight excluding hydrogens is 216 g/mol. The molecule has 0 bridgehead atoms. The van der Waals surface area contributed by atoms with Gasteiger partial charge in [0.2, 0.25) is 5.91 Å². The van der Waals surface area contributed by atoms with E-state index in [4.69, 9.17) is 4.74 Å². The molecule has 2 aliphatic rings. The first-order valence-corrected chi connectivity index (χ1v) is 6.83. The maximum absolute atomic E-state index is 12.1. The van der Waals surface area contributed by atoms with E-state index < -0.39 is 0 Å².